The third kappa shape index (κ3) is 3.62. The van der Waals surface area contributed by atoms with Crippen molar-refractivity contribution in [3.05, 3.63) is 28.5 Å². The van der Waals surface area contributed by atoms with Gasteiger partial charge in [0.15, 0.2) is 0 Å². The first-order valence-corrected chi connectivity index (χ1v) is 5.39. The molecule has 0 bridgehead atoms. The van der Waals surface area contributed by atoms with E-state index in [4.69, 9.17) is 0 Å². The molecule has 0 atom stereocenters. The van der Waals surface area contributed by atoms with Crippen molar-refractivity contribution in [3.8, 4) is 0 Å². The number of aromatic nitrogens is 1. The van der Waals surface area contributed by atoms with Crippen molar-refractivity contribution in [2.24, 2.45) is 0 Å². The molecule has 1 N–H and O–H groups in total. The Balaban J connectivity index is 2.57. The van der Waals surface area contributed by atoms with E-state index in [0.717, 1.165) is 4.47 Å². The molecule has 1 aromatic heterocycles. The van der Waals surface area contributed by atoms with Crippen molar-refractivity contribution in [1.29, 1.82) is 0 Å². The molecule has 1 rings (SSSR count). The van der Waals surface area contributed by atoms with Gasteiger partial charge in [0.05, 0.1) is 12.1 Å². The molecule has 2 amide bonds. The second kappa shape index (κ2) is 5.60. The van der Waals surface area contributed by atoms with Crippen molar-refractivity contribution in [2.45, 2.75) is 0 Å². The number of hydrogen-bond acceptors (Lipinski definition) is 3. The molecule has 86 valence electrons. The van der Waals surface area contributed by atoms with Gasteiger partial charge in [-0.05, 0) is 22.0 Å². The van der Waals surface area contributed by atoms with Crippen LogP contribution in [0.3, 0.4) is 0 Å². The van der Waals surface area contributed by atoms with Gasteiger partial charge in [0, 0.05) is 31.0 Å². The zero-order chi connectivity index (χ0) is 12.1. The summed E-state index contributed by atoms with van der Waals surface area (Å²) < 4.78 is 0.721. The Morgan fingerprint density at radius 3 is 2.69 bits per heavy atom. The van der Waals surface area contributed by atoms with Crippen molar-refractivity contribution >= 4 is 27.7 Å². The first kappa shape index (κ1) is 12.6. The van der Waals surface area contributed by atoms with E-state index in [0.29, 0.717) is 5.56 Å². The summed E-state index contributed by atoms with van der Waals surface area (Å²) in [6, 6.07) is 1.64. The Morgan fingerprint density at radius 1 is 1.44 bits per heavy atom. The van der Waals surface area contributed by atoms with Crippen LogP contribution in [0.4, 0.5) is 0 Å². The fourth-order valence-corrected chi connectivity index (χ4v) is 1.32. The summed E-state index contributed by atoms with van der Waals surface area (Å²) in [5.41, 5.74) is 0.418. The van der Waals surface area contributed by atoms with E-state index < -0.39 is 0 Å². The quantitative estimate of drug-likeness (QED) is 0.888. The van der Waals surface area contributed by atoms with Gasteiger partial charge in [0.25, 0.3) is 5.91 Å². The average molecular weight is 286 g/mol. The van der Waals surface area contributed by atoms with Crippen molar-refractivity contribution in [1.82, 2.24) is 15.2 Å². The molecule has 0 aromatic carbocycles. The standard InChI is InChI=1S/C10H12BrN3O2/c1-14(2)9(15)6-13-10(16)7-3-8(11)5-12-4-7/h3-5H,6H2,1-2H3,(H,13,16). The van der Waals surface area contributed by atoms with Gasteiger partial charge in [0.2, 0.25) is 5.91 Å². The predicted octanol–water partition coefficient (Wildman–Crippen LogP) is 0.662. The van der Waals surface area contributed by atoms with Gasteiger partial charge in [-0.25, -0.2) is 0 Å². The minimum atomic E-state index is -0.316. The number of rotatable bonds is 3. The van der Waals surface area contributed by atoms with E-state index in [9.17, 15) is 9.59 Å². The van der Waals surface area contributed by atoms with Gasteiger partial charge in [0.1, 0.15) is 0 Å². The summed E-state index contributed by atoms with van der Waals surface area (Å²) in [5, 5.41) is 2.52. The van der Waals surface area contributed by atoms with E-state index in [-0.39, 0.29) is 18.4 Å². The van der Waals surface area contributed by atoms with Gasteiger partial charge < -0.3 is 10.2 Å². The zero-order valence-corrected chi connectivity index (χ0v) is 10.6. The Morgan fingerprint density at radius 2 is 2.12 bits per heavy atom. The normalized spacial score (nSPS) is 9.69. The number of carbonyl (C=O) groups is 2. The molecule has 0 spiro atoms. The molecule has 5 nitrogen and oxygen atoms in total. The summed E-state index contributed by atoms with van der Waals surface area (Å²) in [7, 11) is 3.27. The maximum absolute atomic E-state index is 11.6. The number of pyridine rings is 1. The first-order valence-electron chi connectivity index (χ1n) is 4.59. The van der Waals surface area contributed by atoms with Gasteiger partial charge in [-0.2, -0.15) is 0 Å². The van der Waals surface area contributed by atoms with Crippen LogP contribution >= 0.6 is 15.9 Å². The van der Waals surface area contributed by atoms with Crippen LogP contribution in [0.25, 0.3) is 0 Å². The highest BCUT2D eigenvalue weighted by atomic mass is 79.9. The van der Waals surface area contributed by atoms with E-state index in [2.05, 4.69) is 26.2 Å². The first-order chi connectivity index (χ1) is 7.50. The van der Waals surface area contributed by atoms with Crippen molar-refractivity contribution in [3.63, 3.8) is 0 Å². The molecular weight excluding hydrogens is 274 g/mol. The lowest BCUT2D eigenvalue weighted by molar-refractivity contribution is -0.127. The molecule has 0 fully saturated rings. The van der Waals surface area contributed by atoms with Crippen molar-refractivity contribution in [2.75, 3.05) is 20.6 Å². The van der Waals surface area contributed by atoms with Gasteiger partial charge in [-0.3, -0.25) is 14.6 Å². The van der Waals surface area contributed by atoms with Crippen molar-refractivity contribution < 1.29 is 9.59 Å². The minimum Gasteiger partial charge on any atom is -0.347 e. The SMILES string of the molecule is CN(C)C(=O)CNC(=O)c1cncc(Br)c1. The van der Waals surface area contributed by atoms with Crippen LogP contribution in [-0.4, -0.2) is 42.3 Å². The molecule has 6 heteroatoms. The second-order valence-corrected chi connectivity index (χ2v) is 4.28. The molecule has 0 aliphatic carbocycles. The van der Waals surface area contributed by atoms with E-state index >= 15 is 0 Å². The molecule has 0 saturated heterocycles. The van der Waals surface area contributed by atoms with E-state index in [1.165, 1.54) is 11.1 Å². The number of hydrogen-bond donors (Lipinski definition) is 1. The Labute approximate surface area is 102 Å². The van der Waals surface area contributed by atoms with Crippen LogP contribution < -0.4 is 5.32 Å². The molecule has 1 aromatic rings. The lowest BCUT2D eigenvalue weighted by Gasteiger charge is -2.10. The molecule has 0 unspecified atom stereocenters. The van der Waals surface area contributed by atoms with Gasteiger partial charge in [-0.1, -0.05) is 0 Å². The van der Waals surface area contributed by atoms with Gasteiger partial charge >= 0.3 is 0 Å². The summed E-state index contributed by atoms with van der Waals surface area (Å²) in [6.07, 6.45) is 3.03. The molecule has 16 heavy (non-hydrogen) atoms. The fourth-order valence-electron chi connectivity index (χ4n) is 0.952. The number of amides is 2. The summed E-state index contributed by atoms with van der Waals surface area (Å²) in [4.78, 5) is 28.1. The molecule has 1 heterocycles. The maximum Gasteiger partial charge on any atom is 0.253 e. The third-order valence-corrected chi connectivity index (χ3v) is 2.30. The third-order valence-electron chi connectivity index (χ3n) is 1.87. The molecular formula is C10H12BrN3O2. The highest BCUT2D eigenvalue weighted by Gasteiger charge is 2.09. The number of halogens is 1. The van der Waals surface area contributed by atoms with Crippen LogP contribution in [-0.2, 0) is 4.79 Å². The van der Waals surface area contributed by atoms with Gasteiger partial charge in [-0.15, -0.1) is 0 Å². The monoisotopic (exact) mass is 285 g/mol. The lowest BCUT2D eigenvalue weighted by atomic mass is 10.3. The summed E-state index contributed by atoms with van der Waals surface area (Å²) in [6.45, 7) is -0.0155. The minimum absolute atomic E-state index is 0.0155. The number of nitrogens with one attached hydrogen (secondary N) is 1. The Hall–Kier alpha value is -1.43. The van der Waals surface area contributed by atoms with Crippen LogP contribution in [0.2, 0.25) is 0 Å². The van der Waals surface area contributed by atoms with E-state index in [1.54, 1.807) is 26.4 Å². The summed E-state index contributed by atoms with van der Waals surface area (Å²) in [5.74, 6) is -0.472. The Bertz CT molecular complexity index is 407. The molecule has 0 aliphatic rings. The van der Waals surface area contributed by atoms with E-state index in [1.807, 2.05) is 0 Å². The van der Waals surface area contributed by atoms with Crippen LogP contribution in [0.15, 0.2) is 22.9 Å². The number of nitrogens with zero attached hydrogens (tertiary/aromatic N) is 2. The van der Waals surface area contributed by atoms with Crippen LogP contribution in [0.1, 0.15) is 10.4 Å². The highest BCUT2D eigenvalue weighted by molar-refractivity contribution is 9.10. The molecule has 0 aliphatic heterocycles. The van der Waals surface area contributed by atoms with Crippen LogP contribution in [0.5, 0.6) is 0 Å². The molecule has 0 radical (unpaired) electrons. The predicted molar refractivity (Wildman–Crippen MR) is 63.0 cm³/mol. The topological polar surface area (TPSA) is 62.3 Å². The molecule has 0 saturated carbocycles. The average Bonchev–Trinajstić information content (AvgIpc) is 2.25. The maximum atomic E-state index is 11.6. The largest absolute Gasteiger partial charge is 0.347 e. The fraction of sp³-hybridized carbons (Fsp3) is 0.300. The zero-order valence-electron chi connectivity index (χ0n) is 9.03. The summed E-state index contributed by atoms with van der Waals surface area (Å²) >= 11 is 3.22. The number of likely N-dealkylation sites (N-methyl/N-ethyl adjacent to an activating group) is 1. The highest BCUT2D eigenvalue weighted by Crippen LogP contribution is 2.09. The lowest BCUT2D eigenvalue weighted by Crippen LogP contribution is -2.36. The smallest absolute Gasteiger partial charge is 0.253 e. The second-order valence-electron chi connectivity index (χ2n) is 3.36. The van der Waals surface area contributed by atoms with Crippen LogP contribution in [0, 0.1) is 0 Å². The number of carbonyl (C=O) groups excluding carboxylic acids is 2. The Kier molecular flexibility index (Phi) is 4.42.